The highest BCUT2D eigenvalue weighted by molar-refractivity contribution is 9.10. The molecule has 2 aromatic carbocycles. The van der Waals surface area contributed by atoms with Crippen LogP contribution in [0.15, 0.2) is 52.5 Å². The Kier molecular flexibility index (Phi) is 5.99. The van der Waals surface area contributed by atoms with Crippen molar-refractivity contribution in [3.8, 4) is 5.75 Å². The first-order valence-corrected chi connectivity index (χ1v) is 9.45. The highest BCUT2D eigenvalue weighted by atomic mass is 79.9. The summed E-state index contributed by atoms with van der Waals surface area (Å²) in [6, 6.07) is 14.2. The standard InChI is InChI=1S/C21H22BrNO3/c1-3-26-21(24)15-10-11-23(14-16-6-4-5-7-20(16)25-2)19-9-8-18(22)13-17(19)12-15/h4-9,12-13H,3,10-11,14H2,1-2H3. The Morgan fingerprint density at radius 2 is 2.04 bits per heavy atom. The van der Waals surface area contributed by atoms with E-state index in [1.54, 1.807) is 7.11 Å². The summed E-state index contributed by atoms with van der Waals surface area (Å²) in [6.45, 7) is 3.65. The molecule has 0 radical (unpaired) electrons. The van der Waals surface area contributed by atoms with E-state index in [9.17, 15) is 4.79 Å². The van der Waals surface area contributed by atoms with Crippen LogP contribution in [-0.2, 0) is 16.1 Å². The van der Waals surface area contributed by atoms with Crippen LogP contribution in [0.1, 0.15) is 24.5 Å². The Bertz CT molecular complexity index is 832. The molecule has 0 saturated heterocycles. The fourth-order valence-electron chi connectivity index (χ4n) is 3.15. The summed E-state index contributed by atoms with van der Waals surface area (Å²) in [7, 11) is 1.69. The second-order valence-electron chi connectivity index (χ2n) is 6.08. The van der Waals surface area contributed by atoms with Crippen LogP contribution in [-0.4, -0.2) is 26.2 Å². The number of carbonyl (C=O) groups is 1. The number of hydrogen-bond donors (Lipinski definition) is 0. The van der Waals surface area contributed by atoms with E-state index in [1.807, 2.05) is 43.3 Å². The van der Waals surface area contributed by atoms with E-state index in [1.165, 1.54) is 0 Å². The molecule has 5 heteroatoms. The first kappa shape index (κ1) is 18.5. The number of rotatable bonds is 5. The molecular formula is C21H22BrNO3. The molecule has 4 nitrogen and oxygen atoms in total. The van der Waals surface area contributed by atoms with Gasteiger partial charge in [-0.2, -0.15) is 0 Å². The lowest BCUT2D eigenvalue weighted by Crippen LogP contribution is -2.25. The number of esters is 1. The molecule has 0 fully saturated rings. The molecule has 3 rings (SSSR count). The first-order valence-electron chi connectivity index (χ1n) is 8.66. The van der Waals surface area contributed by atoms with Gasteiger partial charge in [-0.3, -0.25) is 0 Å². The minimum absolute atomic E-state index is 0.238. The summed E-state index contributed by atoms with van der Waals surface area (Å²) < 4.78 is 11.7. The quantitative estimate of drug-likeness (QED) is 0.656. The fourth-order valence-corrected chi connectivity index (χ4v) is 3.53. The molecular weight excluding hydrogens is 394 g/mol. The summed E-state index contributed by atoms with van der Waals surface area (Å²) in [5.41, 5.74) is 3.92. The van der Waals surface area contributed by atoms with Crippen LogP contribution in [0, 0.1) is 0 Å². The SMILES string of the molecule is CCOC(=O)C1=Cc2cc(Br)ccc2N(Cc2ccccc2OC)CC1. The second-order valence-corrected chi connectivity index (χ2v) is 6.99. The number of fused-ring (bicyclic) bond motifs is 1. The number of carbonyl (C=O) groups excluding carboxylic acids is 1. The molecule has 0 N–H and O–H groups in total. The molecule has 0 spiro atoms. The van der Waals surface area contributed by atoms with E-state index < -0.39 is 0 Å². The number of hydrogen-bond acceptors (Lipinski definition) is 4. The predicted octanol–water partition coefficient (Wildman–Crippen LogP) is 4.81. The zero-order valence-electron chi connectivity index (χ0n) is 15.0. The smallest absolute Gasteiger partial charge is 0.334 e. The van der Waals surface area contributed by atoms with Gasteiger partial charge in [-0.25, -0.2) is 4.79 Å². The van der Waals surface area contributed by atoms with Gasteiger partial charge in [-0.05, 0) is 49.2 Å². The van der Waals surface area contributed by atoms with Crippen LogP contribution in [0.3, 0.4) is 0 Å². The molecule has 0 aliphatic carbocycles. The number of anilines is 1. The van der Waals surface area contributed by atoms with Gasteiger partial charge in [0.15, 0.2) is 0 Å². The minimum atomic E-state index is -0.238. The number of ether oxygens (including phenoxy) is 2. The van der Waals surface area contributed by atoms with Gasteiger partial charge in [-0.1, -0.05) is 34.1 Å². The van der Waals surface area contributed by atoms with Crippen molar-refractivity contribution in [3.63, 3.8) is 0 Å². The molecule has 0 bridgehead atoms. The fraction of sp³-hybridized carbons (Fsp3) is 0.286. The van der Waals surface area contributed by atoms with Gasteiger partial charge >= 0.3 is 5.97 Å². The van der Waals surface area contributed by atoms with Crippen molar-refractivity contribution in [1.82, 2.24) is 0 Å². The van der Waals surface area contributed by atoms with Gasteiger partial charge < -0.3 is 14.4 Å². The number of benzene rings is 2. The third kappa shape index (κ3) is 4.10. The van der Waals surface area contributed by atoms with Crippen LogP contribution >= 0.6 is 15.9 Å². The summed E-state index contributed by atoms with van der Waals surface area (Å²) in [4.78, 5) is 14.6. The number of halogens is 1. The van der Waals surface area contributed by atoms with E-state index in [0.29, 0.717) is 25.1 Å². The van der Waals surface area contributed by atoms with Crippen molar-refractivity contribution >= 4 is 33.7 Å². The van der Waals surface area contributed by atoms with Gasteiger partial charge in [0.05, 0.1) is 13.7 Å². The van der Waals surface area contributed by atoms with E-state index in [-0.39, 0.29) is 5.97 Å². The monoisotopic (exact) mass is 415 g/mol. The molecule has 0 amide bonds. The van der Waals surface area contributed by atoms with Crippen LogP contribution in [0.5, 0.6) is 5.75 Å². The van der Waals surface area contributed by atoms with E-state index in [4.69, 9.17) is 9.47 Å². The van der Waals surface area contributed by atoms with Crippen LogP contribution in [0.4, 0.5) is 5.69 Å². The molecule has 1 heterocycles. The second kappa shape index (κ2) is 8.41. The van der Waals surface area contributed by atoms with Gasteiger partial charge in [0.1, 0.15) is 5.75 Å². The van der Waals surface area contributed by atoms with Crippen molar-refractivity contribution in [2.45, 2.75) is 19.9 Å². The number of methoxy groups -OCH3 is 1. The molecule has 1 aliphatic rings. The summed E-state index contributed by atoms with van der Waals surface area (Å²) >= 11 is 3.53. The van der Waals surface area contributed by atoms with Crippen LogP contribution in [0.25, 0.3) is 6.08 Å². The summed E-state index contributed by atoms with van der Waals surface area (Å²) in [5.74, 6) is 0.631. The predicted molar refractivity (Wildman–Crippen MR) is 107 cm³/mol. The Morgan fingerprint density at radius 3 is 2.81 bits per heavy atom. The van der Waals surface area contributed by atoms with E-state index in [2.05, 4.69) is 33.0 Å². The van der Waals surface area contributed by atoms with E-state index >= 15 is 0 Å². The van der Waals surface area contributed by atoms with Crippen molar-refractivity contribution in [1.29, 1.82) is 0 Å². The Labute approximate surface area is 162 Å². The maximum absolute atomic E-state index is 12.3. The van der Waals surface area contributed by atoms with Gasteiger partial charge in [0, 0.05) is 34.4 Å². The maximum atomic E-state index is 12.3. The van der Waals surface area contributed by atoms with Crippen molar-refractivity contribution in [2.24, 2.45) is 0 Å². The van der Waals surface area contributed by atoms with Crippen LogP contribution in [0.2, 0.25) is 0 Å². The third-order valence-electron chi connectivity index (χ3n) is 4.40. The highest BCUT2D eigenvalue weighted by Crippen LogP contribution is 2.33. The lowest BCUT2D eigenvalue weighted by molar-refractivity contribution is -0.138. The molecule has 1 aliphatic heterocycles. The zero-order valence-corrected chi connectivity index (χ0v) is 16.6. The molecule has 0 atom stereocenters. The third-order valence-corrected chi connectivity index (χ3v) is 4.90. The summed E-state index contributed by atoms with van der Waals surface area (Å²) in [5, 5.41) is 0. The number of nitrogens with zero attached hydrogens (tertiary/aromatic N) is 1. The Hall–Kier alpha value is -2.27. The highest BCUT2D eigenvalue weighted by Gasteiger charge is 2.21. The Balaban J connectivity index is 1.95. The van der Waals surface area contributed by atoms with Crippen molar-refractivity contribution in [3.05, 3.63) is 63.6 Å². The largest absolute Gasteiger partial charge is 0.496 e. The molecule has 2 aromatic rings. The average Bonchev–Trinajstić information content (AvgIpc) is 2.81. The molecule has 26 heavy (non-hydrogen) atoms. The topological polar surface area (TPSA) is 38.8 Å². The van der Waals surface area contributed by atoms with Gasteiger partial charge in [0.25, 0.3) is 0 Å². The van der Waals surface area contributed by atoms with Crippen LogP contribution < -0.4 is 9.64 Å². The van der Waals surface area contributed by atoms with Crippen molar-refractivity contribution in [2.75, 3.05) is 25.2 Å². The maximum Gasteiger partial charge on any atom is 0.334 e. The number of para-hydroxylation sites is 1. The molecule has 0 saturated carbocycles. The minimum Gasteiger partial charge on any atom is -0.496 e. The van der Waals surface area contributed by atoms with Gasteiger partial charge in [-0.15, -0.1) is 0 Å². The lowest BCUT2D eigenvalue weighted by Gasteiger charge is -2.26. The normalized spacial score (nSPS) is 13.5. The van der Waals surface area contributed by atoms with Gasteiger partial charge in [0.2, 0.25) is 0 Å². The Morgan fingerprint density at radius 1 is 1.23 bits per heavy atom. The molecule has 136 valence electrons. The molecule has 0 unspecified atom stereocenters. The lowest BCUT2D eigenvalue weighted by atomic mass is 10.1. The zero-order chi connectivity index (χ0) is 18.5. The van der Waals surface area contributed by atoms with E-state index in [0.717, 1.165) is 33.6 Å². The molecule has 0 aromatic heterocycles. The average molecular weight is 416 g/mol. The first-order chi connectivity index (χ1) is 12.6. The summed E-state index contributed by atoms with van der Waals surface area (Å²) in [6.07, 6.45) is 2.58. The van der Waals surface area contributed by atoms with Crippen molar-refractivity contribution < 1.29 is 14.3 Å².